The number of rotatable bonds is 6. The van der Waals surface area contributed by atoms with E-state index in [0.717, 1.165) is 30.7 Å². The van der Waals surface area contributed by atoms with Crippen LogP contribution in [0.25, 0.3) is 0 Å². The number of aromatic nitrogens is 3. The van der Waals surface area contributed by atoms with Crippen LogP contribution in [0.2, 0.25) is 0 Å². The molecular formula is C18H24N4O3. The highest BCUT2D eigenvalue weighted by Gasteiger charge is 2.27. The summed E-state index contributed by atoms with van der Waals surface area (Å²) in [7, 11) is 0. The van der Waals surface area contributed by atoms with Gasteiger partial charge in [-0.15, -0.1) is 0 Å². The van der Waals surface area contributed by atoms with E-state index >= 15 is 0 Å². The Morgan fingerprint density at radius 3 is 3.04 bits per heavy atom. The summed E-state index contributed by atoms with van der Waals surface area (Å²) < 4.78 is 11.0. The third kappa shape index (κ3) is 4.85. The van der Waals surface area contributed by atoms with Gasteiger partial charge in [-0.05, 0) is 31.2 Å². The summed E-state index contributed by atoms with van der Waals surface area (Å²) in [4.78, 5) is 22.6. The number of carbonyl (C=O) groups excluding carboxylic acids is 1. The topological polar surface area (TPSA) is 81.4 Å². The second-order valence-corrected chi connectivity index (χ2v) is 6.76. The highest BCUT2D eigenvalue weighted by atomic mass is 16.5. The number of nitrogens with zero attached hydrogens (tertiary/aromatic N) is 4. The molecule has 0 bridgehead atoms. The largest absolute Gasteiger partial charge is 0.375 e. The number of hydrogen-bond donors (Lipinski definition) is 0. The van der Waals surface area contributed by atoms with E-state index < -0.39 is 0 Å². The molecule has 1 aliphatic heterocycles. The van der Waals surface area contributed by atoms with Crippen LogP contribution in [0.1, 0.15) is 42.2 Å². The maximum Gasteiger partial charge on any atom is 0.292 e. The van der Waals surface area contributed by atoms with Gasteiger partial charge in [0.1, 0.15) is 6.33 Å². The molecule has 1 amide bonds. The molecule has 3 heterocycles. The molecule has 1 aliphatic rings. The summed E-state index contributed by atoms with van der Waals surface area (Å²) in [5, 5.41) is 4.00. The molecule has 7 heteroatoms. The molecule has 3 rings (SSSR count). The van der Waals surface area contributed by atoms with Gasteiger partial charge >= 0.3 is 0 Å². The molecule has 0 aromatic carbocycles. The smallest absolute Gasteiger partial charge is 0.292 e. The van der Waals surface area contributed by atoms with E-state index in [1.807, 2.05) is 6.07 Å². The van der Waals surface area contributed by atoms with Crippen LogP contribution in [0.4, 0.5) is 0 Å². The number of morpholine rings is 1. The van der Waals surface area contributed by atoms with Crippen LogP contribution in [0.5, 0.6) is 0 Å². The molecule has 0 aliphatic carbocycles. The highest BCUT2D eigenvalue weighted by molar-refractivity contribution is 5.91. The molecule has 7 nitrogen and oxygen atoms in total. The Hall–Kier alpha value is -2.28. The fourth-order valence-electron chi connectivity index (χ4n) is 2.94. The first-order valence-corrected chi connectivity index (χ1v) is 8.73. The van der Waals surface area contributed by atoms with Crippen LogP contribution >= 0.6 is 0 Å². The van der Waals surface area contributed by atoms with Gasteiger partial charge in [0, 0.05) is 31.0 Å². The van der Waals surface area contributed by atoms with Crippen molar-refractivity contribution in [1.29, 1.82) is 0 Å². The Kier molecular flexibility index (Phi) is 5.75. The van der Waals surface area contributed by atoms with Crippen molar-refractivity contribution in [1.82, 2.24) is 20.0 Å². The number of ether oxygens (including phenoxy) is 1. The first-order valence-electron chi connectivity index (χ1n) is 8.73. The zero-order valence-electron chi connectivity index (χ0n) is 14.7. The molecule has 1 fully saturated rings. The SMILES string of the molecule is CC(C)Cc1cc(C(=O)N2CCOC(CCc3ccncn3)C2)on1. The summed E-state index contributed by atoms with van der Waals surface area (Å²) >= 11 is 0. The molecular weight excluding hydrogens is 320 g/mol. The molecule has 0 spiro atoms. The minimum Gasteiger partial charge on any atom is -0.375 e. The zero-order valence-corrected chi connectivity index (χ0v) is 14.7. The molecule has 25 heavy (non-hydrogen) atoms. The van der Waals surface area contributed by atoms with Crippen molar-refractivity contribution in [2.24, 2.45) is 5.92 Å². The van der Waals surface area contributed by atoms with Crippen molar-refractivity contribution in [2.45, 2.75) is 39.2 Å². The molecule has 2 aromatic heterocycles. The normalized spacial score (nSPS) is 17.9. The van der Waals surface area contributed by atoms with Crippen LogP contribution in [0.3, 0.4) is 0 Å². The lowest BCUT2D eigenvalue weighted by Gasteiger charge is -2.32. The predicted octanol–water partition coefficient (Wildman–Crippen LogP) is 2.14. The second kappa shape index (κ2) is 8.20. The third-order valence-corrected chi connectivity index (χ3v) is 4.18. The van der Waals surface area contributed by atoms with E-state index in [2.05, 4.69) is 29.0 Å². The average molecular weight is 344 g/mol. The van der Waals surface area contributed by atoms with Crippen LogP contribution < -0.4 is 0 Å². The van der Waals surface area contributed by atoms with Gasteiger partial charge in [-0.2, -0.15) is 0 Å². The van der Waals surface area contributed by atoms with Crippen molar-refractivity contribution < 1.29 is 14.1 Å². The molecule has 134 valence electrons. The van der Waals surface area contributed by atoms with E-state index in [-0.39, 0.29) is 12.0 Å². The molecule has 0 radical (unpaired) electrons. The minimum absolute atomic E-state index is 0.00530. The fraction of sp³-hybridized carbons (Fsp3) is 0.556. The summed E-state index contributed by atoms with van der Waals surface area (Å²) in [6.07, 6.45) is 5.71. The van der Waals surface area contributed by atoms with Gasteiger partial charge in [0.05, 0.1) is 18.4 Å². The summed E-state index contributed by atoms with van der Waals surface area (Å²) in [6, 6.07) is 3.66. The summed E-state index contributed by atoms with van der Waals surface area (Å²) in [5.74, 6) is 0.674. The van der Waals surface area contributed by atoms with Crippen LogP contribution in [-0.4, -0.2) is 51.7 Å². The van der Waals surface area contributed by atoms with Crippen molar-refractivity contribution in [2.75, 3.05) is 19.7 Å². The van der Waals surface area contributed by atoms with Crippen molar-refractivity contribution in [3.63, 3.8) is 0 Å². The highest BCUT2D eigenvalue weighted by Crippen LogP contribution is 2.16. The van der Waals surface area contributed by atoms with E-state index in [9.17, 15) is 4.79 Å². The Labute approximate surface area is 147 Å². The first-order chi connectivity index (χ1) is 12.1. The second-order valence-electron chi connectivity index (χ2n) is 6.76. The number of hydrogen-bond acceptors (Lipinski definition) is 6. The Bertz CT molecular complexity index is 687. The van der Waals surface area contributed by atoms with Crippen molar-refractivity contribution in [3.8, 4) is 0 Å². The van der Waals surface area contributed by atoms with Crippen LogP contribution in [0.15, 0.2) is 29.2 Å². The Morgan fingerprint density at radius 2 is 2.28 bits per heavy atom. The zero-order chi connectivity index (χ0) is 17.6. The van der Waals surface area contributed by atoms with Gasteiger partial charge in [0.2, 0.25) is 5.76 Å². The number of amides is 1. The lowest BCUT2D eigenvalue weighted by atomic mass is 10.1. The predicted molar refractivity (Wildman–Crippen MR) is 91.0 cm³/mol. The van der Waals surface area contributed by atoms with Gasteiger partial charge in [0.15, 0.2) is 0 Å². The van der Waals surface area contributed by atoms with Crippen molar-refractivity contribution in [3.05, 3.63) is 41.8 Å². The van der Waals surface area contributed by atoms with Crippen molar-refractivity contribution >= 4 is 5.91 Å². The number of aryl methyl sites for hydroxylation is 1. The van der Waals surface area contributed by atoms with Gasteiger partial charge in [0.25, 0.3) is 5.91 Å². The maximum atomic E-state index is 12.6. The van der Waals surface area contributed by atoms with Crippen LogP contribution in [0, 0.1) is 5.92 Å². The lowest BCUT2D eigenvalue weighted by Crippen LogP contribution is -2.45. The summed E-state index contributed by atoms with van der Waals surface area (Å²) in [6.45, 7) is 5.89. The van der Waals surface area contributed by atoms with E-state index in [4.69, 9.17) is 9.26 Å². The van der Waals surface area contributed by atoms with E-state index in [0.29, 0.717) is 31.4 Å². The monoisotopic (exact) mass is 344 g/mol. The Morgan fingerprint density at radius 1 is 1.40 bits per heavy atom. The number of carbonyl (C=O) groups is 1. The van der Waals surface area contributed by atoms with Gasteiger partial charge in [-0.25, -0.2) is 9.97 Å². The first kappa shape index (κ1) is 17.5. The maximum absolute atomic E-state index is 12.6. The van der Waals surface area contributed by atoms with Gasteiger partial charge < -0.3 is 14.2 Å². The molecule has 1 saturated heterocycles. The average Bonchev–Trinajstić information content (AvgIpc) is 3.08. The molecule has 0 saturated carbocycles. The fourth-order valence-corrected chi connectivity index (χ4v) is 2.94. The van der Waals surface area contributed by atoms with Gasteiger partial charge in [-0.3, -0.25) is 4.79 Å². The van der Waals surface area contributed by atoms with Crippen LogP contribution in [-0.2, 0) is 17.6 Å². The lowest BCUT2D eigenvalue weighted by molar-refractivity contribution is -0.0258. The Balaban J connectivity index is 1.55. The summed E-state index contributed by atoms with van der Waals surface area (Å²) in [5.41, 5.74) is 1.81. The third-order valence-electron chi connectivity index (χ3n) is 4.18. The standard InChI is InChI=1S/C18H24N4O3/c1-13(2)9-15-10-17(25-21-15)18(23)22-7-8-24-16(11-22)4-3-14-5-6-19-12-20-14/h5-6,10,12-13,16H,3-4,7-9,11H2,1-2H3. The molecule has 1 atom stereocenters. The quantitative estimate of drug-likeness (QED) is 0.798. The van der Waals surface area contributed by atoms with Gasteiger partial charge in [-0.1, -0.05) is 19.0 Å². The molecule has 1 unspecified atom stereocenters. The molecule has 2 aromatic rings. The van der Waals surface area contributed by atoms with E-state index in [1.165, 1.54) is 0 Å². The van der Waals surface area contributed by atoms with E-state index in [1.54, 1.807) is 23.5 Å². The molecule has 0 N–H and O–H groups in total. The minimum atomic E-state index is -0.113.